The van der Waals surface area contributed by atoms with E-state index in [1.54, 1.807) is 18.4 Å². The fourth-order valence-electron chi connectivity index (χ4n) is 2.07. The van der Waals surface area contributed by atoms with Crippen molar-refractivity contribution in [3.63, 3.8) is 0 Å². The number of rotatable bonds is 9. The Morgan fingerprint density at radius 2 is 2.00 bits per heavy atom. The van der Waals surface area contributed by atoms with E-state index in [2.05, 4.69) is 5.32 Å². The standard InChI is InChI=1S/C17H20ClNO3S/c1-21-10-11-22-9-8-16(20)19-17(15-3-2-12-23-15)13-4-6-14(18)7-5-13/h2-7,12,17H,8-11H2,1H3,(H,19,20)/t17-/m0/s1. The van der Waals surface area contributed by atoms with Gasteiger partial charge in [0, 0.05) is 23.4 Å². The third-order valence-corrected chi connectivity index (χ3v) is 4.43. The fourth-order valence-corrected chi connectivity index (χ4v) is 3.00. The highest BCUT2D eigenvalue weighted by molar-refractivity contribution is 7.10. The van der Waals surface area contributed by atoms with Crippen LogP contribution in [-0.4, -0.2) is 32.8 Å². The second-order valence-electron chi connectivity index (χ2n) is 4.92. The molecule has 2 aromatic rings. The number of thiophene rings is 1. The lowest BCUT2D eigenvalue weighted by atomic mass is 10.1. The largest absolute Gasteiger partial charge is 0.382 e. The number of nitrogens with one attached hydrogen (secondary N) is 1. The monoisotopic (exact) mass is 353 g/mol. The zero-order valence-electron chi connectivity index (χ0n) is 13.0. The highest BCUT2D eigenvalue weighted by Crippen LogP contribution is 2.27. The quantitative estimate of drug-likeness (QED) is 0.700. The molecule has 23 heavy (non-hydrogen) atoms. The van der Waals surface area contributed by atoms with E-state index in [1.165, 1.54) is 0 Å². The average Bonchev–Trinajstić information content (AvgIpc) is 3.07. The van der Waals surface area contributed by atoms with Crippen LogP contribution in [0.2, 0.25) is 5.02 Å². The van der Waals surface area contributed by atoms with Gasteiger partial charge in [0.15, 0.2) is 0 Å². The number of carbonyl (C=O) groups is 1. The van der Waals surface area contributed by atoms with Gasteiger partial charge >= 0.3 is 0 Å². The molecule has 1 atom stereocenters. The molecule has 0 saturated heterocycles. The molecule has 2 rings (SSSR count). The lowest BCUT2D eigenvalue weighted by Gasteiger charge is -2.18. The Hall–Kier alpha value is -1.40. The normalized spacial score (nSPS) is 12.1. The Morgan fingerprint density at radius 3 is 2.65 bits per heavy atom. The molecule has 0 fully saturated rings. The third kappa shape index (κ3) is 5.95. The van der Waals surface area contributed by atoms with Crippen LogP contribution >= 0.6 is 22.9 Å². The summed E-state index contributed by atoms with van der Waals surface area (Å²) in [4.78, 5) is 13.3. The van der Waals surface area contributed by atoms with Crippen molar-refractivity contribution in [1.29, 1.82) is 0 Å². The smallest absolute Gasteiger partial charge is 0.223 e. The molecule has 0 saturated carbocycles. The summed E-state index contributed by atoms with van der Waals surface area (Å²) in [6.45, 7) is 1.41. The van der Waals surface area contributed by atoms with Gasteiger partial charge in [-0.15, -0.1) is 11.3 Å². The van der Waals surface area contributed by atoms with Gasteiger partial charge in [0.2, 0.25) is 5.91 Å². The van der Waals surface area contributed by atoms with Crippen LogP contribution in [0.15, 0.2) is 41.8 Å². The topological polar surface area (TPSA) is 47.6 Å². The van der Waals surface area contributed by atoms with Gasteiger partial charge in [-0.1, -0.05) is 29.8 Å². The summed E-state index contributed by atoms with van der Waals surface area (Å²) in [6, 6.07) is 11.3. The fraction of sp³-hybridized carbons (Fsp3) is 0.353. The van der Waals surface area contributed by atoms with Crippen LogP contribution in [0.5, 0.6) is 0 Å². The summed E-state index contributed by atoms with van der Waals surface area (Å²) in [6.07, 6.45) is 0.319. The van der Waals surface area contributed by atoms with E-state index < -0.39 is 0 Å². The summed E-state index contributed by atoms with van der Waals surface area (Å²) < 4.78 is 10.2. The zero-order valence-corrected chi connectivity index (χ0v) is 14.5. The minimum atomic E-state index is -0.168. The molecule has 0 aliphatic rings. The minimum absolute atomic E-state index is 0.0456. The van der Waals surface area contributed by atoms with Crippen molar-refractivity contribution in [3.8, 4) is 0 Å². The van der Waals surface area contributed by atoms with Crippen LogP contribution in [0, 0.1) is 0 Å². The van der Waals surface area contributed by atoms with Gasteiger partial charge < -0.3 is 14.8 Å². The predicted octanol–water partition coefficient (Wildman–Crippen LogP) is 3.66. The molecule has 1 N–H and O–H groups in total. The molecule has 1 amide bonds. The molecular formula is C17H20ClNO3S. The Labute approximate surface area is 145 Å². The average molecular weight is 354 g/mol. The number of ether oxygens (including phenoxy) is 2. The molecule has 0 radical (unpaired) electrons. The van der Waals surface area contributed by atoms with E-state index in [0.29, 0.717) is 31.3 Å². The van der Waals surface area contributed by atoms with Crippen molar-refractivity contribution in [1.82, 2.24) is 5.32 Å². The van der Waals surface area contributed by atoms with Crippen LogP contribution in [0.4, 0.5) is 0 Å². The van der Waals surface area contributed by atoms with E-state index in [0.717, 1.165) is 10.4 Å². The molecule has 4 nitrogen and oxygen atoms in total. The molecule has 1 aromatic heterocycles. The van der Waals surface area contributed by atoms with Crippen molar-refractivity contribution in [2.24, 2.45) is 0 Å². The molecule has 124 valence electrons. The molecule has 0 unspecified atom stereocenters. The van der Waals surface area contributed by atoms with Gasteiger partial charge in [-0.05, 0) is 29.1 Å². The number of carbonyl (C=O) groups excluding carboxylic acids is 1. The van der Waals surface area contributed by atoms with Crippen LogP contribution in [0.3, 0.4) is 0 Å². The summed E-state index contributed by atoms with van der Waals surface area (Å²) in [7, 11) is 1.62. The minimum Gasteiger partial charge on any atom is -0.382 e. The van der Waals surface area contributed by atoms with Crippen molar-refractivity contribution in [2.45, 2.75) is 12.5 Å². The number of benzene rings is 1. The Bertz CT molecular complexity index is 586. The second-order valence-corrected chi connectivity index (χ2v) is 6.34. The first-order valence-electron chi connectivity index (χ1n) is 7.35. The Balaban J connectivity index is 1.96. The van der Waals surface area contributed by atoms with Crippen LogP contribution < -0.4 is 5.32 Å². The predicted molar refractivity (Wildman–Crippen MR) is 93.1 cm³/mol. The number of methoxy groups -OCH3 is 1. The molecule has 0 aliphatic carbocycles. The van der Waals surface area contributed by atoms with Gasteiger partial charge in [0.25, 0.3) is 0 Å². The van der Waals surface area contributed by atoms with Crippen molar-refractivity contribution >= 4 is 28.8 Å². The second kappa shape index (κ2) is 9.67. The SMILES string of the molecule is COCCOCCC(=O)N[C@@H](c1ccc(Cl)cc1)c1cccs1. The molecular weight excluding hydrogens is 334 g/mol. The number of amides is 1. The van der Waals surface area contributed by atoms with Crippen molar-refractivity contribution in [3.05, 3.63) is 57.2 Å². The van der Waals surface area contributed by atoms with Gasteiger partial charge in [0.05, 0.1) is 25.9 Å². The summed E-state index contributed by atoms with van der Waals surface area (Å²) >= 11 is 7.56. The van der Waals surface area contributed by atoms with Crippen molar-refractivity contribution in [2.75, 3.05) is 26.9 Å². The maximum atomic E-state index is 12.2. The van der Waals surface area contributed by atoms with Crippen LogP contribution in [0.25, 0.3) is 0 Å². The molecule has 0 aliphatic heterocycles. The molecule has 1 aromatic carbocycles. The van der Waals surface area contributed by atoms with E-state index >= 15 is 0 Å². The maximum absolute atomic E-state index is 12.2. The van der Waals surface area contributed by atoms with Gasteiger partial charge in [0.1, 0.15) is 0 Å². The van der Waals surface area contributed by atoms with Crippen LogP contribution in [-0.2, 0) is 14.3 Å². The first kappa shape index (κ1) is 17.9. The lowest BCUT2D eigenvalue weighted by Crippen LogP contribution is -2.29. The van der Waals surface area contributed by atoms with Gasteiger partial charge in [-0.2, -0.15) is 0 Å². The van der Waals surface area contributed by atoms with E-state index in [1.807, 2.05) is 41.8 Å². The highest BCUT2D eigenvalue weighted by Gasteiger charge is 2.17. The molecule has 0 spiro atoms. The molecule has 0 bridgehead atoms. The number of hydrogen-bond acceptors (Lipinski definition) is 4. The van der Waals surface area contributed by atoms with E-state index in [-0.39, 0.29) is 11.9 Å². The van der Waals surface area contributed by atoms with Crippen molar-refractivity contribution < 1.29 is 14.3 Å². The lowest BCUT2D eigenvalue weighted by molar-refractivity contribution is -0.122. The Morgan fingerprint density at radius 1 is 1.22 bits per heavy atom. The zero-order chi connectivity index (χ0) is 16.5. The molecule has 1 heterocycles. The maximum Gasteiger partial charge on any atom is 0.223 e. The summed E-state index contributed by atoms with van der Waals surface area (Å²) in [5.41, 5.74) is 1.01. The number of halogens is 1. The van der Waals surface area contributed by atoms with Gasteiger partial charge in [-0.25, -0.2) is 0 Å². The van der Waals surface area contributed by atoms with Crippen LogP contribution in [0.1, 0.15) is 22.9 Å². The van der Waals surface area contributed by atoms with E-state index in [9.17, 15) is 4.79 Å². The highest BCUT2D eigenvalue weighted by atomic mass is 35.5. The summed E-state index contributed by atoms with van der Waals surface area (Å²) in [5, 5.41) is 5.74. The first-order chi connectivity index (χ1) is 11.2. The molecule has 6 heteroatoms. The third-order valence-electron chi connectivity index (χ3n) is 3.24. The number of hydrogen-bond donors (Lipinski definition) is 1. The summed E-state index contributed by atoms with van der Waals surface area (Å²) in [5.74, 6) is -0.0456. The van der Waals surface area contributed by atoms with Gasteiger partial charge in [-0.3, -0.25) is 4.79 Å². The Kier molecular flexibility index (Phi) is 7.55. The van der Waals surface area contributed by atoms with E-state index in [4.69, 9.17) is 21.1 Å². The first-order valence-corrected chi connectivity index (χ1v) is 8.61.